The molecule has 0 heterocycles. The van der Waals surface area contributed by atoms with Crippen LogP contribution in [0.1, 0.15) is 49.7 Å². The van der Waals surface area contributed by atoms with Crippen LogP contribution in [0.4, 0.5) is 5.69 Å². The molecule has 3 rings (SSSR count). The smallest absolute Gasteiger partial charge is 0.249 e. The number of benzene rings is 2. The zero-order valence-electron chi connectivity index (χ0n) is 22.3. The number of halogens is 2. The molecule has 0 radical (unpaired) electrons. The van der Waals surface area contributed by atoms with Gasteiger partial charge in [0.15, 0.2) is 5.96 Å². The summed E-state index contributed by atoms with van der Waals surface area (Å²) in [6.07, 6.45) is 5.76. The van der Waals surface area contributed by atoms with E-state index in [4.69, 9.17) is 28.9 Å². The van der Waals surface area contributed by atoms with Crippen LogP contribution in [0, 0.1) is 12.8 Å². The number of aryl methyl sites for hydroxylation is 1. The second-order valence-corrected chi connectivity index (χ2v) is 13.0. The lowest BCUT2D eigenvalue weighted by Crippen LogP contribution is -2.40. The molecule has 9 nitrogen and oxygen atoms in total. The SMILES string of the molecule is Cc1ccc(S(=O)(=O)N(C)C)cc1NC(=O)[C@@H](CC1CCCCC1)N=C(N)NC(=O)Cc1ccc(Cl)c(Cl)c1. The summed E-state index contributed by atoms with van der Waals surface area (Å²) >= 11 is 12.0. The van der Waals surface area contributed by atoms with Crippen LogP contribution < -0.4 is 16.4 Å². The highest BCUT2D eigenvalue weighted by atomic mass is 35.5. The molecule has 12 heteroatoms. The lowest BCUT2D eigenvalue weighted by atomic mass is 9.84. The minimum atomic E-state index is -3.69. The molecule has 1 atom stereocenters. The Balaban J connectivity index is 1.79. The number of amides is 2. The second kappa shape index (κ2) is 13.6. The summed E-state index contributed by atoms with van der Waals surface area (Å²) < 4.78 is 26.3. The Hall–Kier alpha value is -2.66. The predicted molar refractivity (Wildman–Crippen MR) is 156 cm³/mol. The first-order valence-electron chi connectivity index (χ1n) is 12.8. The van der Waals surface area contributed by atoms with Gasteiger partial charge in [-0.1, -0.05) is 67.4 Å². The molecular formula is C27H35Cl2N5O4S. The van der Waals surface area contributed by atoms with E-state index in [1.165, 1.54) is 26.2 Å². The Bertz CT molecular complexity index is 1340. The summed E-state index contributed by atoms with van der Waals surface area (Å²) in [5.74, 6) is -0.718. The highest BCUT2D eigenvalue weighted by molar-refractivity contribution is 7.89. The van der Waals surface area contributed by atoms with Gasteiger partial charge < -0.3 is 11.1 Å². The topological polar surface area (TPSA) is 134 Å². The Morgan fingerprint density at radius 3 is 2.41 bits per heavy atom. The number of aliphatic imine (C=N–C) groups is 1. The van der Waals surface area contributed by atoms with E-state index < -0.39 is 27.9 Å². The van der Waals surface area contributed by atoms with Gasteiger partial charge in [0.1, 0.15) is 6.04 Å². The molecule has 0 aliphatic heterocycles. The minimum Gasteiger partial charge on any atom is -0.370 e. The van der Waals surface area contributed by atoms with E-state index in [2.05, 4.69) is 15.6 Å². The van der Waals surface area contributed by atoms with Gasteiger partial charge in [0, 0.05) is 19.8 Å². The van der Waals surface area contributed by atoms with Crippen LogP contribution in [-0.2, 0) is 26.0 Å². The summed E-state index contributed by atoms with van der Waals surface area (Å²) in [4.78, 5) is 30.5. The van der Waals surface area contributed by atoms with Gasteiger partial charge >= 0.3 is 0 Å². The number of anilines is 1. The molecule has 0 spiro atoms. The molecule has 2 aromatic rings. The second-order valence-electron chi connectivity index (χ2n) is 10.00. The molecule has 0 saturated heterocycles. The number of rotatable bonds is 9. The molecule has 4 N–H and O–H groups in total. The largest absolute Gasteiger partial charge is 0.370 e. The van der Waals surface area contributed by atoms with E-state index in [0.29, 0.717) is 39.2 Å². The number of hydrogen-bond acceptors (Lipinski definition) is 5. The summed E-state index contributed by atoms with van der Waals surface area (Å²) in [5, 5.41) is 6.11. The molecule has 0 aromatic heterocycles. The zero-order chi connectivity index (χ0) is 28.7. The van der Waals surface area contributed by atoms with Crippen LogP contribution >= 0.6 is 23.2 Å². The number of carbonyl (C=O) groups is 2. The molecule has 1 fully saturated rings. The fraction of sp³-hybridized carbons (Fsp3) is 0.444. The number of guanidine groups is 1. The molecule has 39 heavy (non-hydrogen) atoms. The summed E-state index contributed by atoms with van der Waals surface area (Å²) in [7, 11) is -0.796. The maximum absolute atomic E-state index is 13.4. The van der Waals surface area contributed by atoms with Crippen LogP contribution in [0.3, 0.4) is 0 Å². The summed E-state index contributed by atoms with van der Waals surface area (Å²) in [5.41, 5.74) is 7.79. The number of hydrogen-bond donors (Lipinski definition) is 3. The third-order valence-electron chi connectivity index (χ3n) is 6.74. The van der Waals surface area contributed by atoms with Gasteiger partial charge in [-0.2, -0.15) is 0 Å². The standard InChI is InChI=1S/C27H35Cl2N5O4S/c1-17-9-11-20(39(37,38)34(2)3)16-23(17)31-26(36)24(14-18-7-5-4-6-8-18)32-27(30)33-25(35)15-19-10-12-21(28)22(29)13-19/h9-13,16,18,24H,4-8,14-15H2,1-3H3,(H,31,36)(H3,30,32,33,35)/t24-/m1/s1. The fourth-order valence-corrected chi connectivity index (χ4v) is 5.75. The lowest BCUT2D eigenvalue weighted by molar-refractivity contribution is -0.119. The minimum absolute atomic E-state index is 0.00106. The van der Waals surface area contributed by atoms with E-state index in [0.717, 1.165) is 36.4 Å². The van der Waals surface area contributed by atoms with Crippen LogP contribution in [0.15, 0.2) is 46.3 Å². The van der Waals surface area contributed by atoms with Gasteiger partial charge in [-0.3, -0.25) is 14.9 Å². The number of nitrogens with zero attached hydrogens (tertiary/aromatic N) is 2. The molecule has 1 aliphatic carbocycles. The fourth-order valence-electron chi connectivity index (χ4n) is 4.50. The van der Waals surface area contributed by atoms with Crippen molar-refractivity contribution in [3.8, 4) is 0 Å². The van der Waals surface area contributed by atoms with E-state index in [1.54, 1.807) is 31.2 Å². The van der Waals surface area contributed by atoms with Crippen molar-refractivity contribution in [1.82, 2.24) is 9.62 Å². The highest BCUT2D eigenvalue weighted by Gasteiger charge is 2.26. The average molecular weight is 597 g/mol. The first-order chi connectivity index (χ1) is 18.4. The van der Waals surface area contributed by atoms with E-state index in [1.807, 2.05) is 0 Å². The normalized spacial score (nSPS) is 15.7. The first kappa shape index (κ1) is 30.9. The van der Waals surface area contributed by atoms with Crippen molar-refractivity contribution >= 4 is 56.7 Å². The summed E-state index contributed by atoms with van der Waals surface area (Å²) in [6.45, 7) is 1.78. The van der Waals surface area contributed by atoms with Crippen LogP contribution in [0.2, 0.25) is 10.0 Å². The predicted octanol–water partition coefficient (Wildman–Crippen LogP) is 4.50. The first-order valence-corrected chi connectivity index (χ1v) is 15.0. The quantitative estimate of drug-likeness (QED) is 0.290. The van der Waals surface area contributed by atoms with Gasteiger partial charge in [0.05, 0.1) is 21.4 Å². The van der Waals surface area contributed by atoms with Gasteiger partial charge in [0.25, 0.3) is 0 Å². The van der Waals surface area contributed by atoms with Crippen LogP contribution in [0.5, 0.6) is 0 Å². The third-order valence-corrected chi connectivity index (χ3v) is 9.29. The van der Waals surface area contributed by atoms with Crippen molar-refractivity contribution in [2.24, 2.45) is 16.6 Å². The molecule has 2 aromatic carbocycles. The third kappa shape index (κ3) is 8.66. The molecule has 1 saturated carbocycles. The van der Waals surface area contributed by atoms with Crippen molar-refractivity contribution in [1.29, 1.82) is 0 Å². The molecular weight excluding hydrogens is 561 g/mol. The lowest BCUT2D eigenvalue weighted by Gasteiger charge is -2.25. The van der Waals surface area contributed by atoms with Gasteiger partial charge in [-0.05, 0) is 54.7 Å². The maximum Gasteiger partial charge on any atom is 0.249 e. The Labute approximate surface area is 240 Å². The van der Waals surface area contributed by atoms with E-state index in [9.17, 15) is 18.0 Å². The molecule has 1 aliphatic rings. The Kier molecular flexibility index (Phi) is 10.8. The highest BCUT2D eigenvalue weighted by Crippen LogP contribution is 2.29. The number of nitrogens with one attached hydrogen (secondary N) is 2. The molecule has 0 unspecified atom stereocenters. The van der Waals surface area contributed by atoms with E-state index in [-0.39, 0.29) is 17.3 Å². The average Bonchev–Trinajstić information content (AvgIpc) is 2.87. The Morgan fingerprint density at radius 2 is 1.77 bits per heavy atom. The summed E-state index contributed by atoms with van der Waals surface area (Å²) in [6, 6.07) is 8.60. The maximum atomic E-state index is 13.4. The van der Waals surface area contributed by atoms with Gasteiger partial charge in [-0.15, -0.1) is 0 Å². The van der Waals surface area contributed by atoms with Crippen molar-refractivity contribution in [2.75, 3.05) is 19.4 Å². The number of sulfonamides is 1. The van der Waals surface area contributed by atoms with Crippen LogP contribution in [-0.4, -0.2) is 50.6 Å². The molecule has 0 bridgehead atoms. The molecule has 2 amide bonds. The Morgan fingerprint density at radius 1 is 1.08 bits per heavy atom. The van der Waals surface area contributed by atoms with Gasteiger partial charge in [0.2, 0.25) is 21.8 Å². The van der Waals surface area contributed by atoms with Gasteiger partial charge in [-0.25, -0.2) is 17.7 Å². The number of carbonyl (C=O) groups excluding carboxylic acids is 2. The van der Waals surface area contributed by atoms with Crippen molar-refractivity contribution in [2.45, 2.75) is 62.8 Å². The van der Waals surface area contributed by atoms with E-state index >= 15 is 0 Å². The van der Waals surface area contributed by atoms with Crippen LogP contribution in [0.25, 0.3) is 0 Å². The monoisotopic (exact) mass is 595 g/mol. The van der Waals surface area contributed by atoms with Crippen molar-refractivity contribution in [3.63, 3.8) is 0 Å². The van der Waals surface area contributed by atoms with Crippen molar-refractivity contribution in [3.05, 3.63) is 57.6 Å². The molecule has 212 valence electrons. The number of nitrogens with two attached hydrogens (primary N) is 1. The zero-order valence-corrected chi connectivity index (χ0v) is 24.7. The van der Waals surface area contributed by atoms with Crippen molar-refractivity contribution < 1.29 is 18.0 Å².